The van der Waals surface area contributed by atoms with Crippen LogP contribution in [0, 0.1) is 0 Å². The van der Waals surface area contributed by atoms with Crippen molar-refractivity contribution in [2.45, 2.75) is 44.6 Å². The van der Waals surface area contributed by atoms with Gasteiger partial charge in [-0.1, -0.05) is 29.8 Å². The molecular formula is C22H26N4O3. The average Bonchev–Trinajstić information content (AvgIpc) is 3.25. The second kappa shape index (κ2) is 8.51. The van der Waals surface area contributed by atoms with Gasteiger partial charge in [0.15, 0.2) is 0 Å². The number of carbonyl (C=O) groups is 3. The Morgan fingerprint density at radius 1 is 1.21 bits per heavy atom. The molecule has 1 atom stereocenters. The SMILES string of the molecule is O=C(CN1C(=O)N[C@@H](Cc2c[nH]c3ccccc23)C1=O)NCCC1=CCCCC1. The van der Waals surface area contributed by atoms with Crippen LogP contribution in [-0.2, 0) is 16.0 Å². The van der Waals surface area contributed by atoms with Gasteiger partial charge in [-0.15, -0.1) is 0 Å². The van der Waals surface area contributed by atoms with Crippen LogP contribution >= 0.6 is 0 Å². The van der Waals surface area contributed by atoms with E-state index < -0.39 is 12.1 Å². The van der Waals surface area contributed by atoms with E-state index in [1.165, 1.54) is 18.4 Å². The van der Waals surface area contributed by atoms with Crippen molar-refractivity contribution in [3.8, 4) is 0 Å². The maximum absolute atomic E-state index is 12.7. The summed E-state index contributed by atoms with van der Waals surface area (Å²) >= 11 is 0. The van der Waals surface area contributed by atoms with Gasteiger partial charge in [0.1, 0.15) is 12.6 Å². The third kappa shape index (κ3) is 4.34. The number of H-pyrrole nitrogens is 1. The van der Waals surface area contributed by atoms with Crippen LogP contribution in [0.4, 0.5) is 4.79 Å². The fraction of sp³-hybridized carbons (Fsp3) is 0.409. The van der Waals surface area contributed by atoms with Crippen molar-refractivity contribution in [3.05, 3.63) is 47.7 Å². The molecule has 1 aromatic carbocycles. The monoisotopic (exact) mass is 394 g/mol. The van der Waals surface area contributed by atoms with E-state index in [-0.39, 0.29) is 18.4 Å². The minimum absolute atomic E-state index is 0.242. The summed E-state index contributed by atoms with van der Waals surface area (Å²) in [6, 6.07) is 6.67. The molecule has 29 heavy (non-hydrogen) atoms. The minimum Gasteiger partial charge on any atom is -0.361 e. The number of amides is 4. The van der Waals surface area contributed by atoms with Gasteiger partial charge in [-0.05, 0) is 43.7 Å². The van der Waals surface area contributed by atoms with Crippen LogP contribution in [0.5, 0.6) is 0 Å². The molecule has 0 bridgehead atoms. The molecule has 1 saturated heterocycles. The van der Waals surface area contributed by atoms with Gasteiger partial charge in [0.05, 0.1) is 0 Å². The summed E-state index contributed by atoms with van der Waals surface area (Å²) in [5, 5.41) is 6.56. The molecule has 7 nitrogen and oxygen atoms in total. The van der Waals surface area contributed by atoms with Crippen molar-refractivity contribution in [1.82, 2.24) is 20.5 Å². The highest BCUT2D eigenvalue weighted by Gasteiger charge is 2.39. The second-order valence-electron chi connectivity index (χ2n) is 7.70. The number of aromatic nitrogens is 1. The van der Waals surface area contributed by atoms with Crippen molar-refractivity contribution in [1.29, 1.82) is 0 Å². The molecular weight excluding hydrogens is 368 g/mol. The normalized spacial score (nSPS) is 19.4. The number of rotatable bonds is 7. The molecule has 0 spiro atoms. The fourth-order valence-corrected chi connectivity index (χ4v) is 4.08. The maximum Gasteiger partial charge on any atom is 0.325 e. The number of fused-ring (bicyclic) bond motifs is 1. The Hall–Kier alpha value is -3.09. The lowest BCUT2D eigenvalue weighted by Gasteiger charge is -2.15. The summed E-state index contributed by atoms with van der Waals surface area (Å²) in [6.45, 7) is 0.293. The van der Waals surface area contributed by atoms with Gasteiger partial charge < -0.3 is 15.6 Å². The molecule has 0 unspecified atom stereocenters. The van der Waals surface area contributed by atoms with Gasteiger partial charge >= 0.3 is 6.03 Å². The molecule has 0 radical (unpaired) electrons. The Labute approximate surface area is 169 Å². The number of hydrogen-bond donors (Lipinski definition) is 3. The lowest BCUT2D eigenvalue weighted by Crippen LogP contribution is -2.41. The van der Waals surface area contributed by atoms with E-state index in [4.69, 9.17) is 0 Å². The Morgan fingerprint density at radius 2 is 2.07 bits per heavy atom. The van der Waals surface area contributed by atoms with E-state index in [2.05, 4.69) is 21.7 Å². The minimum atomic E-state index is -0.651. The van der Waals surface area contributed by atoms with Gasteiger partial charge in [0.25, 0.3) is 5.91 Å². The lowest BCUT2D eigenvalue weighted by molar-refractivity contribution is -0.132. The second-order valence-corrected chi connectivity index (χ2v) is 7.70. The van der Waals surface area contributed by atoms with Gasteiger partial charge in [-0.25, -0.2) is 4.79 Å². The maximum atomic E-state index is 12.7. The summed E-state index contributed by atoms with van der Waals surface area (Å²) in [7, 11) is 0. The highest BCUT2D eigenvalue weighted by Crippen LogP contribution is 2.21. The van der Waals surface area contributed by atoms with Gasteiger partial charge in [0.2, 0.25) is 5.91 Å². The third-order valence-electron chi connectivity index (χ3n) is 5.66. The molecule has 4 rings (SSSR count). The summed E-state index contributed by atoms with van der Waals surface area (Å²) < 4.78 is 0. The van der Waals surface area contributed by atoms with Crippen LogP contribution in [0.3, 0.4) is 0 Å². The highest BCUT2D eigenvalue weighted by molar-refractivity contribution is 6.06. The number of imide groups is 1. The van der Waals surface area contributed by atoms with Gasteiger partial charge in [0, 0.05) is 30.1 Å². The smallest absolute Gasteiger partial charge is 0.325 e. The Kier molecular flexibility index (Phi) is 5.64. The van der Waals surface area contributed by atoms with Crippen LogP contribution in [0.25, 0.3) is 10.9 Å². The van der Waals surface area contributed by atoms with Crippen molar-refractivity contribution in [2.24, 2.45) is 0 Å². The molecule has 7 heteroatoms. The molecule has 3 N–H and O–H groups in total. The summed E-state index contributed by atoms with van der Waals surface area (Å²) in [6.07, 6.45) is 9.99. The highest BCUT2D eigenvalue weighted by atomic mass is 16.2. The zero-order chi connectivity index (χ0) is 20.2. The number of urea groups is 1. The molecule has 4 amide bonds. The van der Waals surface area contributed by atoms with Crippen molar-refractivity contribution < 1.29 is 14.4 Å². The number of carbonyl (C=O) groups excluding carboxylic acids is 3. The standard InChI is InChI=1S/C22H26N4O3/c27-20(23-11-10-15-6-2-1-3-7-15)14-26-21(28)19(25-22(26)29)12-16-13-24-18-9-5-4-8-17(16)18/h4-6,8-9,13,19,24H,1-3,7,10-12,14H2,(H,23,27)(H,25,29)/t19-/m0/s1. The summed E-state index contributed by atoms with van der Waals surface area (Å²) in [4.78, 5) is 41.3. The molecule has 0 saturated carbocycles. The quantitative estimate of drug-likeness (QED) is 0.498. The van der Waals surface area contributed by atoms with Gasteiger partial charge in [-0.3, -0.25) is 14.5 Å². The van der Waals surface area contributed by atoms with Crippen molar-refractivity contribution in [2.75, 3.05) is 13.1 Å². The Morgan fingerprint density at radius 3 is 2.90 bits per heavy atom. The van der Waals surface area contributed by atoms with Crippen molar-refractivity contribution in [3.63, 3.8) is 0 Å². The van der Waals surface area contributed by atoms with Crippen LogP contribution in [0.1, 0.15) is 37.7 Å². The number of benzene rings is 1. The average molecular weight is 394 g/mol. The predicted molar refractivity (Wildman–Crippen MR) is 110 cm³/mol. The number of allylic oxidation sites excluding steroid dienone is 1. The summed E-state index contributed by atoms with van der Waals surface area (Å²) in [5.41, 5.74) is 3.33. The topological polar surface area (TPSA) is 94.3 Å². The number of nitrogens with one attached hydrogen (secondary N) is 3. The molecule has 2 heterocycles. The first-order valence-electron chi connectivity index (χ1n) is 10.2. The van der Waals surface area contributed by atoms with Crippen LogP contribution in [-0.4, -0.2) is 46.9 Å². The van der Waals surface area contributed by atoms with Crippen LogP contribution in [0.15, 0.2) is 42.1 Å². The predicted octanol–water partition coefficient (Wildman–Crippen LogP) is 2.64. The third-order valence-corrected chi connectivity index (χ3v) is 5.66. The molecule has 2 aromatic rings. The molecule has 1 fully saturated rings. The summed E-state index contributed by atoms with van der Waals surface area (Å²) in [5.74, 6) is -0.664. The first-order chi connectivity index (χ1) is 14.1. The van der Waals surface area contributed by atoms with E-state index in [1.54, 1.807) is 0 Å². The van der Waals surface area contributed by atoms with Crippen LogP contribution in [0.2, 0.25) is 0 Å². The number of para-hydroxylation sites is 1. The van der Waals surface area contributed by atoms with E-state index in [0.29, 0.717) is 13.0 Å². The van der Waals surface area contributed by atoms with E-state index in [9.17, 15) is 14.4 Å². The first kappa shape index (κ1) is 19.2. The van der Waals surface area contributed by atoms with E-state index >= 15 is 0 Å². The molecule has 2 aliphatic rings. The van der Waals surface area contributed by atoms with Crippen molar-refractivity contribution >= 4 is 28.7 Å². The Bertz CT molecular complexity index is 962. The molecule has 1 aliphatic heterocycles. The first-order valence-corrected chi connectivity index (χ1v) is 10.2. The zero-order valence-corrected chi connectivity index (χ0v) is 16.4. The molecule has 152 valence electrons. The van der Waals surface area contributed by atoms with Crippen LogP contribution < -0.4 is 10.6 Å². The number of nitrogens with zero attached hydrogens (tertiary/aromatic N) is 1. The van der Waals surface area contributed by atoms with E-state index in [1.807, 2.05) is 30.5 Å². The molecule has 1 aromatic heterocycles. The Balaban J connectivity index is 1.30. The zero-order valence-electron chi connectivity index (χ0n) is 16.4. The largest absolute Gasteiger partial charge is 0.361 e. The number of hydrogen-bond acceptors (Lipinski definition) is 3. The fourth-order valence-electron chi connectivity index (χ4n) is 4.08. The van der Waals surface area contributed by atoms with Gasteiger partial charge in [-0.2, -0.15) is 0 Å². The van der Waals surface area contributed by atoms with E-state index in [0.717, 1.165) is 40.6 Å². The number of aromatic amines is 1. The lowest BCUT2D eigenvalue weighted by atomic mass is 9.97. The molecule has 1 aliphatic carbocycles.